The first-order chi connectivity index (χ1) is 5.31. The molecule has 0 aromatic rings. The lowest BCUT2D eigenvalue weighted by molar-refractivity contribution is -0.115. The number of amides is 1. The van der Waals surface area contributed by atoms with Crippen LogP contribution in [0.3, 0.4) is 0 Å². The fraction of sp³-hybridized carbons (Fsp3) is 0.500. The minimum Gasteiger partial charge on any atom is -0.344 e. The number of carbonyl (C=O) groups excluding carboxylic acids is 1. The van der Waals surface area contributed by atoms with Gasteiger partial charge in [0.2, 0.25) is 0 Å². The summed E-state index contributed by atoms with van der Waals surface area (Å²) in [6.45, 7) is 0.673. The molecule has 5 heteroatoms. The molecule has 0 radical (unpaired) electrons. The number of nitrogens with one attached hydrogen (secondary N) is 1. The van der Waals surface area contributed by atoms with E-state index >= 15 is 0 Å². The minimum atomic E-state index is -0.233. The molecule has 0 saturated carbocycles. The Morgan fingerprint density at radius 3 is 3.00 bits per heavy atom. The fourth-order valence-corrected chi connectivity index (χ4v) is 1.66. The topological polar surface area (TPSA) is 29.1 Å². The van der Waals surface area contributed by atoms with Crippen molar-refractivity contribution in [2.75, 3.05) is 18.6 Å². The Morgan fingerprint density at radius 2 is 2.45 bits per heavy atom. The molecular weight excluding hydrogens is 246 g/mol. The normalized spacial score (nSPS) is 8.18. The van der Waals surface area contributed by atoms with Crippen LogP contribution in [0.2, 0.25) is 0 Å². The number of hydrogen-bond donors (Lipinski definition) is 1. The zero-order valence-electron chi connectivity index (χ0n) is 6.02. The lowest BCUT2D eigenvalue weighted by atomic mass is 10.6. The summed E-state index contributed by atoms with van der Waals surface area (Å²) in [5.41, 5.74) is 0. The van der Waals surface area contributed by atoms with Gasteiger partial charge >= 0.3 is 0 Å². The van der Waals surface area contributed by atoms with Crippen molar-refractivity contribution < 1.29 is 4.79 Å². The van der Waals surface area contributed by atoms with Crippen molar-refractivity contribution >= 4 is 43.4 Å². The van der Waals surface area contributed by atoms with Crippen LogP contribution in [0, 0.1) is 10.8 Å². The van der Waals surface area contributed by atoms with Crippen LogP contribution in [-0.2, 0) is 4.79 Å². The van der Waals surface area contributed by atoms with Crippen molar-refractivity contribution in [3.05, 3.63) is 0 Å². The van der Waals surface area contributed by atoms with Gasteiger partial charge in [0.1, 0.15) is 0 Å². The van der Waals surface area contributed by atoms with Crippen molar-refractivity contribution in [3.8, 4) is 10.8 Å². The molecule has 11 heavy (non-hydrogen) atoms. The van der Waals surface area contributed by atoms with Gasteiger partial charge in [0, 0.05) is 34.1 Å². The molecule has 0 atom stereocenters. The Labute approximate surface area is 82.8 Å². The van der Waals surface area contributed by atoms with Crippen LogP contribution in [0.15, 0.2) is 0 Å². The average molecular weight is 254 g/mol. The van der Waals surface area contributed by atoms with E-state index in [2.05, 4.69) is 32.0 Å². The molecule has 0 aliphatic heterocycles. The van der Waals surface area contributed by atoms with E-state index in [1.54, 1.807) is 21.6 Å². The maximum Gasteiger partial charge on any atom is 0.296 e. The average Bonchev–Trinajstić information content (AvgIpc) is 1.99. The third kappa shape index (κ3) is 8.11. The van der Waals surface area contributed by atoms with E-state index in [9.17, 15) is 4.79 Å². The van der Waals surface area contributed by atoms with Gasteiger partial charge in [-0.25, -0.2) is 0 Å². The molecule has 0 saturated heterocycles. The maximum absolute atomic E-state index is 10.7. The van der Waals surface area contributed by atoms with Gasteiger partial charge in [-0.05, 0) is 11.1 Å². The van der Waals surface area contributed by atoms with E-state index in [4.69, 9.17) is 0 Å². The Kier molecular flexibility index (Phi) is 8.47. The molecule has 0 spiro atoms. The first kappa shape index (κ1) is 11.2. The molecule has 0 heterocycles. The van der Waals surface area contributed by atoms with Gasteiger partial charge in [0.15, 0.2) is 0 Å². The second kappa shape index (κ2) is 8.31. The highest BCUT2D eigenvalue weighted by Crippen LogP contribution is 2.14. The van der Waals surface area contributed by atoms with Crippen LogP contribution in [0.25, 0.3) is 0 Å². The molecule has 0 aliphatic rings. The van der Waals surface area contributed by atoms with Crippen LogP contribution >= 0.6 is 37.5 Å². The molecule has 0 unspecified atom stereocenters. The molecule has 0 fully saturated rings. The largest absolute Gasteiger partial charge is 0.344 e. The highest BCUT2D eigenvalue weighted by Gasteiger charge is 1.92. The number of rotatable bonds is 4. The molecule has 0 bridgehead atoms. The van der Waals surface area contributed by atoms with Gasteiger partial charge in [-0.2, -0.15) is 0 Å². The predicted molar refractivity (Wildman–Crippen MR) is 55.7 cm³/mol. The van der Waals surface area contributed by atoms with E-state index in [-0.39, 0.29) is 5.91 Å². The summed E-state index contributed by atoms with van der Waals surface area (Å²) in [6, 6.07) is 0. The molecule has 0 aliphatic carbocycles. The minimum absolute atomic E-state index is 0.233. The summed E-state index contributed by atoms with van der Waals surface area (Å²) >= 11 is 2.84. The van der Waals surface area contributed by atoms with Gasteiger partial charge in [-0.1, -0.05) is 21.6 Å². The van der Waals surface area contributed by atoms with Gasteiger partial charge in [-0.3, -0.25) is 4.79 Å². The third-order valence-electron chi connectivity index (χ3n) is 0.750. The van der Waals surface area contributed by atoms with Crippen molar-refractivity contribution in [3.63, 3.8) is 0 Å². The van der Waals surface area contributed by atoms with E-state index in [0.717, 1.165) is 5.75 Å². The van der Waals surface area contributed by atoms with Crippen LogP contribution < -0.4 is 5.32 Å². The van der Waals surface area contributed by atoms with Crippen molar-refractivity contribution in [2.24, 2.45) is 0 Å². The van der Waals surface area contributed by atoms with Crippen molar-refractivity contribution in [1.82, 2.24) is 5.32 Å². The van der Waals surface area contributed by atoms with Gasteiger partial charge in [-0.15, -0.1) is 0 Å². The smallest absolute Gasteiger partial charge is 0.296 e. The number of halogens is 1. The molecule has 1 N–H and O–H groups in total. The van der Waals surface area contributed by atoms with Crippen molar-refractivity contribution in [1.29, 1.82) is 0 Å². The Morgan fingerprint density at radius 1 is 1.73 bits per heavy atom. The fourth-order valence-electron chi connectivity index (χ4n) is 0.377. The standard InChI is InChI=1S/C6H8BrNOS2/c1-10-11-5-4-8-6(9)2-3-7/h4-5H2,1H3,(H,8,9). The van der Waals surface area contributed by atoms with Crippen LogP contribution in [0.5, 0.6) is 0 Å². The first-order valence-electron chi connectivity index (χ1n) is 2.86. The third-order valence-corrected chi connectivity index (χ3v) is 2.76. The lowest BCUT2D eigenvalue weighted by Gasteiger charge is -1.97. The molecule has 1 amide bonds. The summed E-state index contributed by atoms with van der Waals surface area (Å²) < 4.78 is 0. The molecule has 0 rings (SSSR count). The summed E-state index contributed by atoms with van der Waals surface area (Å²) in [6.07, 6.45) is 2.00. The highest BCUT2D eigenvalue weighted by molar-refractivity contribution is 9.12. The van der Waals surface area contributed by atoms with E-state index in [1.807, 2.05) is 6.26 Å². The first-order valence-corrected chi connectivity index (χ1v) is 6.38. The van der Waals surface area contributed by atoms with E-state index in [1.165, 1.54) is 0 Å². The zero-order chi connectivity index (χ0) is 8.53. The lowest BCUT2D eigenvalue weighted by Crippen LogP contribution is -2.23. The molecule has 2 nitrogen and oxygen atoms in total. The maximum atomic E-state index is 10.7. The summed E-state index contributed by atoms with van der Waals surface area (Å²) in [4.78, 5) is 13.0. The zero-order valence-corrected chi connectivity index (χ0v) is 9.24. The predicted octanol–water partition coefficient (Wildman–Crippen LogP) is 1.47. The van der Waals surface area contributed by atoms with Crippen LogP contribution in [0.1, 0.15) is 0 Å². The molecule has 0 aromatic heterocycles. The summed E-state index contributed by atoms with van der Waals surface area (Å²) in [7, 11) is 3.40. The van der Waals surface area contributed by atoms with Crippen molar-refractivity contribution in [2.45, 2.75) is 0 Å². The Hall–Kier alpha value is 0.210. The summed E-state index contributed by atoms with van der Waals surface area (Å²) in [5.74, 6) is 3.00. The molecule has 0 aromatic carbocycles. The van der Waals surface area contributed by atoms with Crippen LogP contribution in [-0.4, -0.2) is 24.5 Å². The SMILES string of the molecule is CSSCCNC(=O)C#CBr. The Bertz CT molecular complexity index is 175. The monoisotopic (exact) mass is 253 g/mol. The quantitative estimate of drug-likeness (QED) is 0.468. The van der Waals surface area contributed by atoms with Gasteiger partial charge < -0.3 is 5.32 Å². The number of carbonyl (C=O) groups is 1. The second-order valence-corrected chi connectivity index (χ2v) is 4.54. The highest BCUT2D eigenvalue weighted by atomic mass is 79.9. The van der Waals surface area contributed by atoms with Gasteiger partial charge in [0.05, 0.1) is 0 Å². The molecule has 62 valence electrons. The van der Waals surface area contributed by atoms with Gasteiger partial charge in [0.25, 0.3) is 5.91 Å². The van der Waals surface area contributed by atoms with Crippen LogP contribution in [0.4, 0.5) is 0 Å². The van der Waals surface area contributed by atoms with E-state index in [0.29, 0.717) is 6.54 Å². The second-order valence-electron chi connectivity index (χ2n) is 1.46. The van der Waals surface area contributed by atoms with E-state index < -0.39 is 0 Å². The summed E-state index contributed by atoms with van der Waals surface area (Å²) in [5, 5.41) is 2.64. The number of hydrogen-bond acceptors (Lipinski definition) is 3. The Balaban J connectivity index is 3.22. The molecular formula is C6H8BrNOS2.